The summed E-state index contributed by atoms with van der Waals surface area (Å²) in [5.74, 6) is 0. The Bertz CT molecular complexity index is 1300. The van der Waals surface area contributed by atoms with Crippen molar-refractivity contribution >= 4 is 11.8 Å². The summed E-state index contributed by atoms with van der Waals surface area (Å²) in [5, 5.41) is 3.16. The summed E-state index contributed by atoms with van der Waals surface area (Å²) < 4.78 is 5.55. The normalized spacial score (nSPS) is 16.2. The van der Waals surface area contributed by atoms with E-state index in [4.69, 9.17) is 14.6 Å². The van der Waals surface area contributed by atoms with Gasteiger partial charge in [0.25, 0.3) is 0 Å². The van der Waals surface area contributed by atoms with E-state index < -0.39 is 5.60 Å². The predicted octanol–water partition coefficient (Wildman–Crippen LogP) is 6.76. The Morgan fingerprint density at radius 3 is 2.32 bits per heavy atom. The zero-order valence-electron chi connectivity index (χ0n) is 22.1. The quantitative estimate of drug-likeness (QED) is 0.368. The SMILES string of the molecule is CONC1=CCCc2nc(-c3ccc(C4(NC(=O)OC(C)(C)C)CCC4)cc3)c(-c3ccccc3)cc21. The van der Waals surface area contributed by atoms with Crippen LogP contribution in [-0.2, 0) is 21.5 Å². The minimum absolute atomic E-state index is 0.368. The standard InChI is InChI=1S/C31H35N3O3/c1-30(2,3)37-29(35)33-31(18-9-19-31)23-16-14-22(15-17-23)28-24(21-10-6-5-7-11-21)20-25-26(32-28)12-8-13-27(25)34-36-4/h5-7,10-11,13-17,20,34H,8-9,12,18-19H2,1-4H3,(H,33,35). The first kappa shape index (κ1) is 25.0. The van der Waals surface area contributed by atoms with Gasteiger partial charge >= 0.3 is 6.09 Å². The van der Waals surface area contributed by atoms with Crippen molar-refractivity contribution in [2.75, 3.05) is 7.11 Å². The Labute approximate surface area is 219 Å². The summed E-state index contributed by atoms with van der Waals surface area (Å²) in [5.41, 5.74) is 10.5. The van der Waals surface area contributed by atoms with Gasteiger partial charge in [-0.15, -0.1) is 0 Å². The topological polar surface area (TPSA) is 72.5 Å². The first-order chi connectivity index (χ1) is 17.8. The van der Waals surface area contributed by atoms with Crippen molar-refractivity contribution in [2.24, 2.45) is 0 Å². The van der Waals surface area contributed by atoms with Crippen molar-refractivity contribution in [1.82, 2.24) is 15.8 Å². The van der Waals surface area contributed by atoms with Crippen molar-refractivity contribution < 1.29 is 14.4 Å². The van der Waals surface area contributed by atoms with E-state index in [0.717, 1.165) is 77.0 Å². The Kier molecular flexibility index (Phi) is 6.78. The third-order valence-corrected chi connectivity index (χ3v) is 7.08. The average molecular weight is 498 g/mol. The van der Waals surface area contributed by atoms with Crippen molar-refractivity contribution in [3.63, 3.8) is 0 Å². The summed E-state index contributed by atoms with van der Waals surface area (Å²) in [6, 6.07) is 21.1. The first-order valence-electron chi connectivity index (χ1n) is 13.0. The number of hydrogen-bond donors (Lipinski definition) is 2. The molecule has 0 radical (unpaired) electrons. The molecule has 5 rings (SSSR count). The van der Waals surface area contributed by atoms with Crippen LogP contribution in [0.5, 0.6) is 0 Å². The number of hydroxylamine groups is 1. The number of aromatic nitrogens is 1. The lowest BCUT2D eigenvalue weighted by atomic mass is 9.71. The maximum Gasteiger partial charge on any atom is 0.408 e. The van der Waals surface area contributed by atoms with Gasteiger partial charge < -0.3 is 10.1 Å². The number of ether oxygens (including phenoxy) is 1. The van der Waals surface area contributed by atoms with Gasteiger partial charge in [-0.2, -0.15) is 0 Å². The summed E-state index contributed by atoms with van der Waals surface area (Å²) >= 11 is 0. The Morgan fingerprint density at radius 1 is 0.973 bits per heavy atom. The third kappa shape index (κ3) is 5.25. The van der Waals surface area contributed by atoms with Crippen LogP contribution in [0.3, 0.4) is 0 Å². The molecule has 2 aliphatic carbocycles. The van der Waals surface area contributed by atoms with Gasteiger partial charge in [0.1, 0.15) is 5.60 Å². The van der Waals surface area contributed by atoms with E-state index in [1.807, 2.05) is 26.8 Å². The molecule has 0 saturated heterocycles. The van der Waals surface area contributed by atoms with E-state index in [-0.39, 0.29) is 11.6 Å². The molecule has 6 heteroatoms. The molecule has 1 heterocycles. The summed E-state index contributed by atoms with van der Waals surface area (Å²) in [4.78, 5) is 23.0. The van der Waals surface area contributed by atoms with Crippen LogP contribution in [0.25, 0.3) is 28.1 Å². The number of rotatable bonds is 6. The van der Waals surface area contributed by atoms with Crippen LogP contribution in [0.2, 0.25) is 0 Å². The summed E-state index contributed by atoms with van der Waals surface area (Å²) in [6.07, 6.45) is 6.47. The monoisotopic (exact) mass is 497 g/mol. The molecule has 0 aliphatic heterocycles. The average Bonchev–Trinajstić information content (AvgIpc) is 2.85. The second-order valence-corrected chi connectivity index (χ2v) is 10.8. The Morgan fingerprint density at radius 2 is 1.70 bits per heavy atom. The van der Waals surface area contributed by atoms with Gasteiger partial charge in [0.15, 0.2) is 0 Å². The van der Waals surface area contributed by atoms with E-state index in [9.17, 15) is 4.79 Å². The highest BCUT2D eigenvalue weighted by Gasteiger charge is 2.41. The van der Waals surface area contributed by atoms with Crippen LogP contribution in [0.15, 0.2) is 66.7 Å². The van der Waals surface area contributed by atoms with Crippen LogP contribution < -0.4 is 10.8 Å². The van der Waals surface area contributed by atoms with Crippen molar-refractivity contribution in [1.29, 1.82) is 0 Å². The van der Waals surface area contributed by atoms with E-state index in [1.165, 1.54) is 0 Å². The zero-order valence-corrected chi connectivity index (χ0v) is 22.1. The van der Waals surface area contributed by atoms with E-state index in [2.05, 4.69) is 71.5 Å². The number of carbonyl (C=O) groups is 1. The highest BCUT2D eigenvalue weighted by atomic mass is 16.6. The third-order valence-electron chi connectivity index (χ3n) is 7.08. The molecule has 1 aromatic heterocycles. The van der Waals surface area contributed by atoms with Gasteiger partial charge in [-0.25, -0.2) is 4.79 Å². The number of nitrogens with zero attached hydrogens (tertiary/aromatic N) is 1. The smallest absolute Gasteiger partial charge is 0.408 e. The van der Waals surface area contributed by atoms with Crippen LogP contribution in [0.1, 0.15) is 63.3 Å². The van der Waals surface area contributed by atoms with Gasteiger partial charge in [0, 0.05) is 16.7 Å². The van der Waals surface area contributed by atoms with Gasteiger partial charge in [0.2, 0.25) is 0 Å². The zero-order chi connectivity index (χ0) is 26.0. The number of alkyl carbamates (subject to hydrolysis) is 1. The lowest BCUT2D eigenvalue weighted by Gasteiger charge is -2.43. The number of aryl methyl sites for hydroxylation is 1. The molecular formula is C31H35N3O3. The maximum absolute atomic E-state index is 12.6. The number of nitrogens with one attached hydrogen (secondary N) is 2. The molecule has 0 atom stereocenters. The van der Waals surface area contributed by atoms with Gasteiger partial charge in [-0.05, 0) is 70.1 Å². The first-order valence-corrected chi connectivity index (χ1v) is 13.0. The van der Waals surface area contributed by atoms with Gasteiger partial charge in [-0.1, -0.05) is 60.7 Å². The molecule has 1 fully saturated rings. The highest BCUT2D eigenvalue weighted by molar-refractivity contribution is 5.84. The summed E-state index contributed by atoms with van der Waals surface area (Å²) in [7, 11) is 1.63. The lowest BCUT2D eigenvalue weighted by molar-refractivity contribution is 0.0377. The molecule has 0 bridgehead atoms. The molecule has 3 aromatic rings. The number of hydrogen-bond acceptors (Lipinski definition) is 5. The number of benzene rings is 2. The fourth-order valence-corrected chi connectivity index (χ4v) is 5.17. The minimum Gasteiger partial charge on any atom is -0.444 e. The highest BCUT2D eigenvalue weighted by Crippen LogP contribution is 2.43. The van der Waals surface area contributed by atoms with Crippen molar-refractivity contribution in [3.8, 4) is 22.4 Å². The lowest BCUT2D eigenvalue weighted by Crippen LogP contribution is -2.52. The molecule has 0 spiro atoms. The van der Waals surface area contributed by atoms with Crippen LogP contribution in [0, 0.1) is 0 Å². The number of fused-ring (bicyclic) bond motifs is 1. The van der Waals surface area contributed by atoms with E-state index in [1.54, 1.807) is 7.11 Å². The van der Waals surface area contributed by atoms with E-state index >= 15 is 0 Å². The number of allylic oxidation sites excluding steroid dienone is 1. The number of pyridine rings is 1. The van der Waals surface area contributed by atoms with Crippen LogP contribution >= 0.6 is 0 Å². The largest absolute Gasteiger partial charge is 0.444 e. The predicted molar refractivity (Wildman–Crippen MR) is 146 cm³/mol. The second-order valence-electron chi connectivity index (χ2n) is 10.8. The number of carbonyl (C=O) groups excluding carboxylic acids is 1. The number of amides is 1. The van der Waals surface area contributed by atoms with Crippen LogP contribution in [0.4, 0.5) is 4.79 Å². The minimum atomic E-state index is -0.529. The van der Waals surface area contributed by atoms with E-state index in [0.29, 0.717) is 0 Å². The molecule has 2 aromatic carbocycles. The fourth-order valence-electron chi connectivity index (χ4n) is 5.17. The van der Waals surface area contributed by atoms with Crippen molar-refractivity contribution in [3.05, 3.63) is 83.6 Å². The maximum atomic E-state index is 12.6. The fraction of sp³-hybridized carbons (Fsp3) is 0.355. The molecular weight excluding hydrogens is 462 g/mol. The molecule has 37 heavy (non-hydrogen) atoms. The Hall–Kier alpha value is -3.64. The molecule has 2 N–H and O–H groups in total. The Balaban J connectivity index is 1.51. The van der Waals surface area contributed by atoms with Gasteiger partial charge in [-0.3, -0.25) is 15.3 Å². The molecule has 192 valence electrons. The van der Waals surface area contributed by atoms with Crippen LogP contribution in [-0.4, -0.2) is 23.8 Å². The molecule has 6 nitrogen and oxygen atoms in total. The molecule has 0 unspecified atom stereocenters. The van der Waals surface area contributed by atoms with Gasteiger partial charge in [0.05, 0.1) is 29.7 Å². The summed E-state index contributed by atoms with van der Waals surface area (Å²) in [6.45, 7) is 5.65. The molecule has 1 amide bonds. The molecule has 1 saturated carbocycles. The van der Waals surface area contributed by atoms with Crippen molar-refractivity contribution in [2.45, 2.75) is 64.0 Å². The molecule has 2 aliphatic rings. The second kappa shape index (κ2) is 10.0.